The first-order valence-electron chi connectivity index (χ1n) is 10.5. The lowest BCUT2D eigenvalue weighted by Crippen LogP contribution is -2.20. The zero-order chi connectivity index (χ0) is 20.0. The van der Waals surface area contributed by atoms with Crippen LogP contribution >= 0.6 is 11.6 Å². The molecule has 1 atom stereocenters. The summed E-state index contributed by atoms with van der Waals surface area (Å²) in [6, 6.07) is 2.24. The lowest BCUT2D eigenvalue weighted by molar-refractivity contribution is 0.341. The maximum absolute atomic E-state index is 6.27. The van der Waals surface area contributed by atoms with Gasteiger partial charge in [0.2, 0.25) is 0 Å². The molecule has 2 aromatic rings. The average molecular weight is 412 g/mol. The second-order valence-corrected chi connectivity index (χ2v) is 8.78. The summed E-state index contributed by atoms with van der Waals surface area (Å²) in [4.78, 5) is 2.16. The maximum Gasteiger partial charge on any atom is 0.153 e. The van der Waals surface area contributed by atoms with Gasteiger partial charge in [0.25, 0.3) is 0 Å². The molecule has 1 saturated carbocycles. The average Bonchev–Trinajstić information content (AvgIpc) is 3.33. The Morgan fingerprint density at radius 3 is 2.72 bits per heavy atom. The molecule has 5 rings (SSSR count). The van der Waals surface area contributed by atoms with Crippen molar-refractivity contribution in [3.63, 3.8) is 0 Å². The van der Waals surface area contributed by atoms with E-state index in [1.54, 1.807) is 0 Å². The SMILES string of the molecule is CCc1cc(C2CCC(c3nnc4n3C3C=CC(Cl)=CC3=CN(C)C4)CC2)no1. The topological polar surface area (TPSA) is 60.0 Å². The van der Waals surface area contributed by atoms with Gasteiger partial charge in [-0.2, -0.15) is 0 Å². The Kier molecular flexibility index (Phi) is 4.82. The zero-order valence-corrected chi connectivity index (χ0v) is 17.6. The molecule has 2 aromatic heterocycles. The van der Waals surface area contributed by atoms with Crippen molar-refractivity contribution >= 4 is 11.6 Å². The summed E-state index contributed by atoms with van der Waals surface area (Å²) >= 11 is 6.27. The minimum Gasteiger partial charge on any atom is -0.373 e. The third-order valence-electron chi connectivity index (χ3n) is 6.35. The molecule has 7 heteroatoms. The van der Waals surface area contributed by atoms with Crippen LogP contribution in [0.25, 0.3) is 0 Å². The summed E-state index contributed by atoms with van der Waals surface area (Å²) in [7, 11) is 2.07. The van der Waals surface area contributed by atoms with Gasteiger partial charge in [-0.05, 0) is 43.4 Å². The van der Waals surface area contributed by atoms with Crippen LogP contribution in [0.4, 0.5) is 0 Å². The van der Waals surface area contributed by atoms with Gasteiger partial charge >= 0.3 is 0 Å². The quantitative estimate of drug-likeness (QED) is 0.723. The smallest absolute Gasteiger partial charge is 0.153 e. The third kappa shape index (κ3) is 3.44. The number of halogens is 1. The molecule has 152 valence electrons. The van der Waals surface area contributed by atoms with E-state index in [2.05, 4.69) is 57.1 Å². The molecule has 1 fully saturated rings. The van der Waals surface area contributed by atoms with E-state index in [0.717, 1.165) is 66.8 Å². The lowest BCUT2D eigenvalue weighted by atomic mass is 9.80. The van der Waals surface area contributed by atoms with Crippen molar-refractivity contribution in [2.75, 3.05) is 7.05 Å². The summed E-state index contributed by atoms with van der Waals surface area (Å²) < 4.78 is 7.76. The molecule has 0 aromatic carbocycles. The van der Waals surface area contributed by atoms with Crippen molar-refractivity contribution in [2.45, 2.75) is 63.5 Å². The highest BCUT2D eigenvalue weighted by molar-refractivity contribution is 6.31. The Bertz CT molecular complexity index is 993. The van der Waals surface area contributed by atoms with Crippen molar-refractivity contribution in [1.29, 1.82) is 0 Å². The molecule has 29 heavy (non-hydrogen) atoms. The van der Waals surface area contributed by atoms with Crippen LogP contribution in [0.2, 0.25) is 0 Å². The van der Waals surface area contributed by atoms with Crippen LogP contribution in [0.15, 0.2) is 45.6 Å². The molecule has 0 bridgehead atoms. The molecule has 0 radical (unpaired) electrons. The number of hydrogen-bond donors (Lipinski definition) is 0. The number of allylic oxidation sites excluding steroid dienone is 5. The van der Waals surface area contributed by atoms with Crippen LogP contribution in [-0.4, -0.2) is 31.9 Å². The van der Waals surface area contributed by atoms with Gasteiger partial charge in [0, 0.05) is 42.6 Å². The Hall–Kier alpha value is -2.34. The highest BCUT2D eigenvalue weighted by Crippen LogP contribution is 2.42. The molecule has 1 unspecified atom stereocenters. The molecule has 2 aliphatic carbocycles. The first kappa shape index (κ1) is 18.7. The van der Waals surface area contributed by atoms with Crippen molar-refractivity contribution in [3.05, 3.63) is 64.2 Å². The zero-order valence-electron chi connectivity index (χ0n) is 16.9. The number of aryl methyl sites for hydroxylation is 1. The van der Waals surface area contributed by atoms with E-state index < -0.39 is 0 Å². The largest absolute Gasteiger partial charge is 0.373 e. The van der Waals surface area contributed by atoms with Crippen LogP contribution in [-0.2, 0) is 13.0 Å². The van der Waals surface area contributed by atoms with E-state index in [0.29, 0.717) is 11.8 Å². The predicted octanol–water partition coefficient (Wildman–Crippen LogP) is 4.83. The summed E-state index contributed by atoms with van der Waals surface area (Å²) in [5.41, 5.74) is 2.30. The summed E-state index contributed by atoms with van der Waals surface area (Å²) in [5.74, 6) is 4.00. The number of fused-ring (bicyclic) bond motifs is 3. The van der Waals surface area contributed by atoms with Gasteiger partial charge in [0.05, 0.1) is 18.3 Å². The molecule has 6 nitrogen and oxygen atoms in total. The fraction of sp³-hybridized carbons (Fsp3) is 0.500. The summed E-state index contributed by atoms with van der Waals surface area (Å²) in [6.07, 6.45) is 13.7. The molecule has 0 saturated heterocycles. The van der Waals surface area contributed by atoms with Gasteiger partial charge in [-0.1, -0.05) is 29.8 Å². The van der Waals surface area contributed by atoms with Crippen molar-refractivity contribution in [2.24, 2.45) is 0 Å². The van der Waals surface area contributed by atoms with Crippen LogP contribution in [0.3, 0.4) is 0 Å². The van der Waals surface area contributed by atoms with Crippen LogP contribution in [0.5, 0.6) is 0 Å². The van der Waals surface area contributed by atoms with Gasteiger partial charge in [-0.3, -0.25) is 0 Å². The normalized spacial score (nSPS) is 26.4. The van der Waals surface area contributed by atoms with E-state index in [1.807, 2.05) is 12.2 Å². The molecule has 3 aliphatic rings. The van der Waals surface area contributed by atoms with Crippen LogP contribution < -0.4 is 0 Å². The van der Waals surface area contributed by atoms with Crippen molar-refractivity contribution in [1.82, 2.24) is 24.8 Å². The second kappa shape index (κ2) is 7.48. The van der Waals surface area contributed by atoms with Gasteiger partial charge in [0.1, 0.15) is 11.6 Å². The Morgan fingerprint density at radius 2 is 1.97 bits per heavy atom. The molecule has 0 amide bonds. The van der Waals surface area contributed by atoms with E-state index in [4.69, 9.17) is 16.1 Å². The third-order valence-corrected chi connectivity index (χ3v) is 6.59. The highest BCUT2D eigenvalue weighted by Gasteiger charge is 2.33. The predicted molar refractivity (Wildman–Crippen MR) is 112 cm³/mol. The summed E-state index contributed by atoms with van der Waals surface area (Å²) in [5, 5.41) is 14.3. The van der Waals surface area contributed by atoms with E-state index >= 15 is 0 Å². The maximum atomic E-state index is 6.27. The van der Waals surface area contributed by atoms with Gasteiger partial charge in [-0.15, -0.1) is 10.2 Å². The summed E-state index contributed by atoms with van der Waals surface area (Å²) in [6.45, 7) is 2.85. The number of aromatic nitrogens is 4. The Labute approximate surface area is 175 Å². The Morgan fingerprint density at radius 1 is 1.17 bits per heavy atom. The fourth-order valence-corrected chi connectivity index (χ4v) is 5.02. The number of nitrogens with zero attached hydrogens (tertiary/aromatic N) is 5. The first-order valence-corrected chi connectivity index (χ1v) is 10.9. The van der Waals surface area contributed by atoms with E-state index in [9.17, 15) is 0 Å². The molecular formula is C22H26ClN5O. The monoisotopic (exact) mass is 411 g/mol. The fourth-order valence-electron chi connectivity index (χ4n) is 4.82. The lowest BCUT2D eigenvalue weighted by Gasteiger charge is -2.29. The minimum absolute atomic E-state index is 0.114. The van der Waals surface area contributed by atoms with Crippen LogP contribution in [0.1, 0.15) is 73.6 Å². The van der Waals surface area contributed by atoms with E-state index in [1.165, 1.54) is 5.57 Å². The molecule has 3 heterocycles. The van der Waals surface area contributed by atoms with Crippen molar-refractivity contribution in [3.8, 4) is 0 Å². The van der Waals surface area contributed by atoms with E-state index in [-0.39, 0.29) is 6.04 Å². The Balaban J connectivity index is 1.39. The molecule has 0 N–H and O–H groups in total. The molecule has 1 aliphatic heterocycles. The minimum atomic E-state index is 0.114. The first-order chi connectivity index (χ1) is 14.1. The highest BCUT2D eigenvalue weighted by atomic mass is 35.5. The van der Waals surface area contributed by atoms with Gasteiger partial charge < -0.3 is 14.0 Å². The molecular weight excluding hydrogens is 386 g/mol. The van der Waals surface area contributed by atoms with Gasteiger partial charge in [0.15, 0.2) is 5.82 Å². The standard InChI is InChI=1S/C22H26ClN5O/c1-3-18-11-19(26-29-18)14-4-6-15(7-5-14)22-25-24-21-13-27(2)12-16-10-17(23)8-9-20(16)28(21)22/h8-12,14-15,20H,3-7,13H2,1-2H3. The van der Waals surface area contributed by atoms with Crippen LogP contribution in [0, 0.1) is 0 Å². The van der Waals surface area contributed by atoms with Crippen molar-refractivity contribution < 1.29 is 4.52 Å². The number of hydrogen-bond acceptors (Lipinski definition) is 5. The second-order valence-electron chi connectivity index (χ2n) is 8.34. The number of rotatable bonds is 3. The van der Waals surface area contributed by atoms with Gasteiger partial charge in [-0.25, -0.2) is 0 Å². The molecule has 0 spiro atoms.